The third kappa shape index (κ3) is 4.80. The average Bonchev–Trinajstić information content (AvgIpc) is 3.25. The van der Waals surface area contributed by atoms with E-state index < -0.39 is 0 Å². The van der Waals surface area contributed by atoms with E-state index in [0.29, 0.717) is 49.4 Å². The maximum Gasteiger partial charge on any atom is 0.231 e. The predicted octanol–water partition coefficient (Wildman–Crippen LogP) is 3.19. The van der Waals surface area contributed by atoms with E-state index >= 15 is 0 Å². The molecule has 0 bridgehead atoms. The lowest BCUT2D eigenvalue weighted by Gasteiger charge is -2.16. The Morgan fingerprint density at radius 2 is 2.15 bits per heavy atom. The van der Waals surface area contributed by atoms with Crippen LogP contribution in [-0.4, -0.2) is 40.6 Å². The van der Waals surface area contributed by atoms with Gasteiger partial charge in [0.15, 0.2) is 5.82 Å². The van der Waals surface area contributed by atoms with Crippen LogP contribution in [0.2, 0.25) is 0 Å². The largest absolute Gasteiger partial charge is 0.493 e. The van der Waals surface area contributed by atoms with E-state index in [9.17, 15) is 9.18 Å². The molecule has 1 atom stereocenters. The lowest BCUT2D eigenvalue weighted by molar-refractivity contribution is -0.130. The molecule has 0 spiro atoms. The summed E-state index contributed by atoms with van der Waals surface area (Å²) in [4.78, 5) is 18.5. The lowest BCUT2D eigenvalue weighted by Crippen LogP contribution is -2.29. The molecule has 2 heterocycles. The summed E-state index contributed by atoms with van der Waals surface area (Å²) in [7, 11) is 0. The fourth-order valence-electron chi connectivity index (χ4n) is 2.99. The first-order valence-electron chi connectivity index (χ1n) is 9.00. The van der Waals surface area contributed by atoms with E-state index in [0.717, 1.165) is 13.0 Å². The summed E-state index contributed by atoms with van der Waals surface area (Å²) in [6, 6.07) is 5.87. The van der Waals surface area contributed by atoms with Gasteiger partial charge in [-0.05, 0) is 36.6 Å². The molecular weight excluding hydrogens is 337 g/mol. The maximum absolute atomic E-state index is 12.9. The first-order chi connectivity index (χ1) is 12.5. The van der Waals surface area contributed by atoms with Crippen LogP contribution in [0.25, 0.3) is 0 Å². The molecule has 1 amide bonds. The number of rotatable bonds is 7. The van der Waals surface area contributed by atoms with Gasteiger partial charge in [-0.1, -0.05) is 19.0 Å². The van der Waals surface area contributed by atoms with E-state index in [4.69, 9.17) is 9.26 Å². The molecule has 1 aliphatic heterocycles. The Hall–Kier alpha value is -2.44. The molecule has 1 aromatic heterocycles. The van der Waals surface area contributed by atoms with Gasteiger partial charge in [0.25, 0.3) is 0 Å². The molecule has 1 saturated heterocycles. The molecule has 26 heavy (non-hydrogen) atoms. The minimum Gasteiger partial charge on any atom is -0.493 e. The molecule has 1 fully saturated rings. The number of ether oxygens (including phenoxy) is 1. The third-order valence-electron chi connectivity index (χ3n) is 4.36. The van der Waals surface area contributed by atoms with Gasteiger partial charge < -0.3 is 14.2 Å². The highest BCUT2D eigenvalue weighted by atomic mass is 19.1. The molecule has 0 aliphatic carbocycles. The topological polar surface area (TPSA) is 68.5 Å². The highest BCUT2D eigenvalue weighted by molar-refractivity contribution is 5.76. The smallest absolute Gasteiger partial charge is 0.231 e. The van der Waals surface area contributed by atoms with Crippen molar-refractivity contribution >= 4 is 5.91 Å². The Morgan fingerprint density at radius 1 is 1.38 bits per heavy atom. The molecule has 0 saturated carbocycles. The second-order valence-corrected chi connectivity index (χ2v) is 7.02. The van der Waals surface area contributed by atoms with Crippen molar-refractivity contribution in [1.29, 1.82) is 0 Å². The SMILES string of the molecule is CC(C)CC(=O)N1CCC(c2nc(CCOc3ccc(F)cc3)no2)C1. The molecule has 1 aliphatic rings. The summed E-state index contributed by atoms with van der Waals surface area (Å²) >= 11 is 0. The zero-order chi connectivity index (χ0) is 18.5. The van der Waals surface area contributed by atoms with Crippen LogP contribution in [-0.2, 0) is 11.2 Å². The standard InChI is InChI=1S/C19H24FN3O3/c1-13(2)11-18(24)23-9-7-14(12-23)19-21-17(22-26-19)8-10-25-16-5-3-15(20)4-6-16/h3-6,13-14H,7-12H2,1-2H3. The van der Waals surface area contributed by atoms with E-state index in [1.165, 1.54) is 12.1 Å². The third-order valence-corrected chi connectivity index (χ3v) is 4.36. The number of benzene rings is 1. The number of aromatic nitrogens is 2. The van der Waals surface area contributed by atoms with Gasteiger partial charge in [0.05, 0.1) is 12.5 Å². The van der Waals surface area contributed by atoms with Crippen LogP contribution in [0.15, 0.2) is 28.8 Å². The summed E-state index contributed by atoms with van der Waals surface area (Å²) in [6.45, 7) is 5.85. The minimum atomic E-state index is -0.294. The second-order valence-electron chi connectivity index (χ2n) is 7.02. The van der Waals surface area contributed by atoms with Crippen molar-refractivity contribution in [2.75, 3.05) is 19.7 Å². The Labute approximate surface area is 152 Å². The lowest BCUT2D eigenvalue weighted by atomic mass is 10.1. The van der Waals surface area contributed by atoms with Gasteiger partial charge in [-0.2, -0.15) is 4.98 Å². The number of halogens is 1. The van der Waals surface area contributed by atoms with Crippen molar-refractivity contribution in [3.63, 3.8) is 0 Å². The Morgan fingerprint density at radius 3 is 2.88 bits per heavy atom. The van der Waals surface area contributed by atoms with Crippen molar-refractivity contribution in [1.82, 2.24) is 15.0 Å². The van der Waals surface area contributed by atoms with Crippen LogP contribution < -0.4 is 4.74 Å². The van der Waals surface area contributed by atoms with Gasteiger partial charge in [-0.3, -0.25) is 4.79 Å². The van der Waals surface area contributed by atoms with Crippen molar-refractivity contribution in [3.8, 4) is 5.75 Å². The molecule has 1 aromatic carbocycles. The molecule has 2 aromatic rings. The van der Waals surface area contributed by atoms with Crippen LogP contribution in [0.5, 0.6) is 5.75 Å². The van der Waals surface area contributed by atoms with Gasteiger partial charge in [-0.15, -0.1) is 0 Å². The van der Waals surface area contributed by atoms with Crippen molar-refractivity contribution in [2.24, 2.45) is 5.92 Å². The first-order valence-corrected chi connectivity index (χ1v) is 9.00. The number of carbonyl (C=O) groups is 1. The van der Waals surface area contributed by atoms with Crippen molar-refractivity contribution in [3.05, 3.63) is 41.8 Å². The van der Waals surface area contributed by atoms with E-state index in [1.54, 1.807) is 12.1 Å². The fourth-order valence-corrected chi connectivity index (χ4v) is 2.99. The van der Waals surface area contributed by atoms with Crippen LogP contribution in [0, 0.1) is 11.7 Å². The monoisotopic (exact) mass is 361 g/mol. The highest BCUT2D eigenvalue weighted by Gasteiger charge is 2.31. The molecule has 3 rings (SSSR count). The Balaban J connectivity index is 1.47. The number of hydrogen-bond donors (Lipinski definition) is 0. The summed E-state index contributed by atoms with van der Waals surface area (Å²) in [5, 5.41) is 3.99. The van der Waals surface area contributed by atoms with Gasteiger partial charge in [0.2, 0.25) is 11.8 Å². The zero-order valence-corrected chi connectivity index (χ0v) is 15.2. The summed E-state index contributed by atoms with van der Waals surface area (Å²) in [5.41, 5.74) is 0. The molecule has 1 unspecified atom stereocenters. The first kappa shape index (κ1) is 18.4. The molecule has 0 radical (unpaired) electrons. The molecule has 7 heteroatoms. The number of likely N-dealkylation sites (tertiary alicyclic amines) is 1. The summed E-state index contributed by atoms with van der Waals surface area (Å²) < 4.78 is 23.8. The van der Waals surface area contributed by atoms with Crippen molar-refractivity contribution in [2.45, 2.75) is 39.0 Å². The Kier molecular flexibility index (Phi) is 5.85. The Bertz CT molecular complexity index is 730. The number of carbonyl (C=O) groups excluding carboxylic acids is 1. The minimum absolute atomic E-state index is 0.102. The van der Waals surface area contributed by atoms with Crippen LogP contribution >= 0.6 is 0 Å². The zero-order valence-electron chi connectivity index (χ0n) is 15.2. The van der Waals surface area contributed by atoms with Gasteiger partial charge in [0, 0.05) is 25.9 Å². The van der Waals surface area contributed by atoms with Gasteiger partial charge >= 0.3 is 0 Å². The number of hydrogen-bond acceptors (Lipinski definition) is 5. The number of amides is 1. The molecule has 6 nitrogen and oxygen atoms in total. The molecule has 140 valence electrons. The molecular formula is C19H24FN3O3. The maximum atomic E-state index is 12.9. The summed E-state index contributed by atoms with van der Waals surface area (Å²) in [5.74, 6) is 2.12. The molecule has 0 N–H and O–H groups in total. The summed E-state index contributed by atoms with van der Waals surface area (Å²) in [6.07, 6.45) is 1.92. The normalized spacial score (nSPS) is 17.1. The van der Waals surface area contributed by atoms with Crippen LogP contribution in [0.3, 0.4) is 0 Å². The van der Waals surface area contributed by atoms with E-state index in [2.05, 4.69) is 10.1 Å². The van der Waals surface area contributed by atoms with Crippen LogP contribution in [0.4, 0.5) is 4.39 Å². The van der Waals surface area contributed by atoms with Gasteiger partial charge in [0.1, 0.15) is 11.6 Å². The predicted molar refractivity (Wildman–Crippen MR) is 93.3 cm³/mol. The second kappa shape index (κ2) is 8.29. The van der Waals surface area contributed by atoms with E-state index in [-0.39, 0.29) is 17.6 Å². The average molecular weight is 361 g/mol. The van der Waals surface area contributed by atoms with Gasteiger partial charge in [-0.25, -0.2) is 4.39 Å². The fraction of sp³-hybridized carbons (Fsp3) is 0.526. The quantitative estimate of drug-likeness (QED) is 0.758. The van der Waals surface area contributed by atoms with Crippen LogP contribution in [0.1, 0.15) is 44.3 Å². The number of nitrogens with zero attached hydrogens (tertiary/aromatic N) is 3. The highest BCUT2D eigenvalue weighted by Crippen LogP contribution is 2.27. The van der Waals surface area contributed by atoms with E-state index in [1.807, 2.05) is 18.7 Å². The van der Waals surface area contributed by atoms with Crippen molar-refractivity contribution < 1.29 is 18.4 Å².